The number of ether oxygens (including phenoxy) is 1. The summed E-state index contributed by atoms with van der Waals surface area (Å²) in [5.74, 6) is 1.62. The zero-order valence-corrected chi connectivity index (χ0v) is 17.0. The van der Waals surface area contributed by atoms with E-state index in [2.05, 4.69) is 36.4 Å². The summed E-state index contributed by atoms with van der Waals surface area (Å²) in [7, 11) is 0. The van der Waals surface area contributed by atoms with Crippen molar-refractivity contribution >= 4 is 17.3 Å². The van der Waals surface area contributed by atoms with Crippen LogP contribution < -0.4 is 10.6 Å². The van der Waals surface area contributed by atoms with Gasteiger partial charge in [0, 0.05) is 24.6 Å². The Bertz CT molecular complexity index is 538. The smallest absolute Gasteiger partial charge is 0.191 e. The molecule has 0 radical (unpaired) electrons. The van der Waals surface area contributed by atoms with Crippen LogP contribution in [0.25, 0.3) is 0 Å². The Morgan fingerprint density at radius 3 is 2.64 bits per heavy atom. The monoisotopic (exact) mass is 366 g/mol. The third-order valence-corrected chi connectivity index (χ3v) is 5.81. The van der Waals surface area contributed by atoms with Crippen molar-refractivity contribution in [1.82, 2.24) is 15.6 Å². The van der Waals surface area contributed by atoms with Crippen molar-refractivity contribution in [2.24, 2.45) is 10.9 Å². The van der Waals surface area contributed by atoms with E-state index in [1.807, 2.05) is 6.92 Å². The van der Waals surface area contributed by atoms with E-state index in [-0.39, 0.29) is 0 Å². The fraction of sp³-hybridized carbons (Fsp3) is 0.789. The molecule has 1 aromatic heterocycles. The van der Waals surface area contributed by atoms with Gasteiger partial charge in [-0.25, -0.2) is 9.98 Å². The van der Waals surface area contributed by atoms with Gasteiger partial charge in [-0.3, -0.25) is 0 Å². The van der Waals surface area contributed by atoms with Crippen molar-refractivity contribution in [1.29, 1.82) is 0 Å². The molecule has 25 heavy (non-hydrogen) atoms. The number of rotatable bonds is 9. The van der Waals surface area contributed by atoms with Gasteiger partial charge in [0.1, 0.15) is 0 Å². The Labute approximate surface area is 156 Å². The SMILES string of the molecule is CCNC(=NCc1sc(C)nc1C)NCCC(OCC)C1CCCC1. The number of aryl methyl sites for hydroxylation is 2. The first-order chi connectivity index (χ1) is 12.1. The van der Waals surface area contributed by atoms with Crippen molar-refractivity contribution in [2.45, 2.75) is 72.4 Å². The predicted octanol–water partition coefficient (Wildman–Crippen LogP) is 3.80. The summed E-state index contributed by atoms with van der Waals surface area (Å²) in [5, 5.41) is 7.92. The molecule has 1 unspecified atom stereocenters. The van der Waals surface area contributed by atoms with E-state index in [0.717, 1.165) is 48.7 Å². The van der Waals surface area contributed by atoms with Crippen LogP contribution in [-0.4, -0.2) is 36.7 Å². The average molecular weight is 367 g/mol. The van der Waals surface area contributed by atoms with Crippen LogP contribution in [0.3, 0.4) is 0 Å². The number of guanidine groups is 1. The van der Waals surface area contributed by atoms with Gasteiger partial charge in [-0.15, -0.1) is 11.3 Å². The first-order valence-corrected chi connectivity index (χ1v) is 10.5. The zero-order chi connectivity index (χ0) is 18.1. The highest BCUT2D eigenvalue weighted by atomic mass is 32.1. The summed E-state index contributed by atoms with van der Waals surface area (Å²) in [6.45, 7) is 11.6. The van der Waals surface area contributed by atoms with E-state index < -0.39 is 0 Å². The van der Waals surface area contributed by atoms with Gasteiger partial charge < -0.3 is 15.4 Å². The molecule has 0 aromatic carbocycles. The summed E-state index contributed by atoms with van der Waals surface area (Å²) >= 11 is 1.73. The molecule has 0 bridgehead atoms. The first kappa shape index (κ1) is 20.2. The molecule has 1 aliphatic carbocycles. The molecule has 6 heteroatoms. The second-order valence-electron chi connectivity index (χ2n) is 6.69. The second-order valence-corrected chi connectivity index (χ2v) is 7.98. The van der Waals surface area contributed by atoms with Gasteiger partial charge in [0.25, 0.3) is 0 Å². The second kappa shape index (κ2) is 10.8. The third kappa shape index (κ3) is 6.59. The molecular formula is C19H34N4OS. The summed E-state index contributed by atoms with van der Waals surface area (Å²) in [5.41, 5.74) is 1.10. The third-order valence-electron chi connectivity index (χ3n) is 4.75. The Balaban J connectivity index is 1.85. The maximum atomic E-state index is 6.01. The average Bonchev–Trinajstić information content (AvgIpc) is 3.21. The Morgan fingerprint density at radius 1 is 1.28 bits per heavy atom. The van der Waals surface area contributed by atoms with Crippen LogP contribution in [-0.2, 0) is 11.3 Å². The molecule has 2 rings (SSSR count). The van der Waals surface area contributed by atoms with Gasteiger partial charge in [-0.05, 0) is 52.9 Å². The molecule has 0 amide bonds. The molecule has 0 aliphatic heterocycles. The van der Waals surface area contributed by atoms with E-state index in [4.69, 9.17) is 9.73 Å². The lowest BCUT2D eigenvalue weighted by Crippen LogP contribution is -2.39. The standard InChI is InChI=1S/C19H34N4OS/c1-5-20-19(22-13-18-14(3)23-15(4)25-18)21-12-11-17(24-6-2)16-9-7-8-10-16/h16-17H,5-13H2,1-4H3,(H2,20,21,22). The molecule has 1 aromatic rings. The van der Waals surface area contributed by atoms with Gasteiger partial charge in [-0.1, -0.05) is 12.8 Å². The largest absolute Gasteiger partial charge is 0.378 e. The highest BCUT2D eigenvalue weighted by molar-refractivity contribution is 7.11. The zero-order valence-electron chi connectivity index (χ0n) is 16.2. The van der Waals surface area contributed by atoms with E-state index in [0.29, 0.717) is 12.6 Å². The van der Waals surface area contributed by atoms with Crippen molar-refractivity contribution < 1.29 is 4.74 Å². The number of hydrogen-bond acceptors (Lipinski definition) is 4. The summed E-state index contributed by atoms with van der Waals surface area (Å²) in [6, 6.07) is 0. The number of aromatic nitrogens is 1. The Hall–Kier alpha value is -1.14. The van der Waals surface area contributed by atoms with Crippen molar-refractivity contribution in [3.63, 3.8) is 0 Å². The van der Waals surface area contributed by atoms with Crippen LogP contribution in [0.2, 0.25) is 0 Å². The lowest BCUT2D eigenvalue weighted by molar-refractivity contribution is 0.0169. The molecule has 1 saturated carbocycles. The highest BCUT2D eigenvalue weighted by Gasteiger charge is 2.25. The van der Waals surface area contributed by atoms with Gasteiger partial charge in [0.15, 0.2) is 5.96 Å². The van der Waals surface area contributed by atoms with Crippen molar-refractivity contribution in [2.75, 3.05) is 19.7 Å². The molecule has 0 spiro atoms. The summed E-state index contributed by atoms with van der Waals surface area (Å²) in [6.07, 6.45) is 6.79. The van der Waals surface area contributed by atoms with Gasteiger partial charge >= 0.3 is 0 Å². The van der Waals surface area contributed by atoms with E-state index in [9.17, 15) is 0 Å². The Morgan fingerprint density at radius 2 is 2.04 bits per heavy atom. The number of hydrogen-bond donors (Lipinski definition) is 2. The van der Waals surface area contributed by atoms with Crippen LogP contribution in [0.4, 0.5) is 0 Å². The molecule has 0 saturated heterocycles. The maximum Gasteiger partial charge on any atom is 0.191 e. The number of thiazole rings is 1. The van der Waals surface area contributed by atoms with Gasteiger partial charge in [0.2, 0.25) is 0 Å². The molecule has 2 N–H and O–H groups in total. The molecular weight excluding hydrogens is 332 g/mol. The maximum absolute atomic E-state index is 6.01. The quantitative estimate of drug-likeness (QED) is 0.515. The minimum atomic E-state index is 0.384. The van der Waals surface area contributed by atoms with Crippen LogP contribution in [0.15, 0.2) is 4.99 Å². The minimum Gasteiger partial charge on any atom is -0.378 e. The molecule has 1 atom stereocenters. The van der Waals surface area contributed by atoms with Crippen molar-refractivity contribution in [3.8, 4) is 0 Å². The predicted molar refractivity (Wildman–Crippen MR) is 106 cm³/mol. The topological polar surface area (TPSA) is 58.5 Å². The highest BCUT2D eigenvalue weighted by Crippen LogP contribution is 2.30. The lowest BCUT2D eigenvalue weighted by atomic mass is 9.98. The van der Waals surface area contributed by atoms with E-state index in [1.54, 1.807) is 11.3 Å². The van der Waals surface area contributed by atoms with Crippen LogP contribution >= 0.6 is 11.3 Å². The first-order valence-electron chi connectivity index (χ1n) is 9.70. The van der Waals surface area contributed by atoms with Crippen LogP contribution in [0, 0.1) is 19.8 Å². The number of aliphatic imine (C=N–C) groups is 1. The summed E-state index contributed by atoms with van der Waals surface area (Å²) in [4.78, 5) is 10.4. The van der Waals surface area contributed by atoms with E-state index in [1.165, 1.54) is 30.6 Å². The fourth-order valence-electron chi connectivity index (χ4n) is 3.54. The molecule has 1 heterocycles. The fourth-order valence-corrected chi connectivity index (χ4v) is 4.41. The Kier molecular flexibility index (Phi) is 8.68. The molecule has 1 aliphatic rings. The van der Waals surface area contributed by atoms with E-state index >= 15 is 0 Å². The van der Waals surface area contributed by atoms with Crippen LogP contribution in [0.5, 0.6) is 0 Å². The number of nitrogens with zero attached hydrogens (tertiary/aromatic N) is 2. The van der Waals surface area contributed by atoms with Crippen molar-refractivity contribution in [3.05, 3.63) is 15.6 Å². The molecule has 5 nitrogen and oxygen atoms in total. The van der Waals surface area contributed by atoms with Crippen LogP contribution in [0.1, 0.15) is 61.5 Å². The summed E-state index contributed by atoms with van der Waals surface area (Å²) < 4.78 is 6.01. The number of nitrogens with one attached hydrogen (secondary N) is 2. The van der Waals surface area contributed by atoms with Gasteiger partial charge in [0.05, 0.1) is 23.4 Å². The normalized spacial score (nSPS) is 17.0. The lowest BCUT2D eigenvalue weighted by Gasteiger charge is -2.24. The molecule has 142 valence electrons. The molecule has 1 fully saturated rings. The van der Waals surface area contributed by atoms with Gasteiger partial charge in [-0.2, -0.15) is 0 Å². The minimum absolute atomic E-state index is 0.384.